The van der Waals surface area contributed by atoms with E-state index in [1.807, 2.05) is 0 Å². The standard InChI is InChI=1S/C29H46N2O2Si2/c1-28(2,3)24-15-22(34(7,8)9)13-20(26(24)32)17-30-19-31-18-21-14-23(35(10,11)12)16-25(27(21)33)29(4,5)6/h13-18,32-33H,19H2,1-12H3. The lowest BCUT2D eigenvalue weighted by Crippen LogP contribution is -2.38. The van der Waals surface area contributed by atoms with Gasteiger partial charge >= 0.3 is 0 Å². The topological polar surface area (TPSA) is 65.2 Å². The molecule has 0 heterocycles. The van der Waals surface area contributed by atoms with Crippen LogP contribution in [-0.2, 0) is 10.8 Å². The minimum atomic E-state index is -1.57. The molecule has 0 fully saturated rings. The number of hydrogen-bond donors (Lipinski definition) is 2. The van der Waals surface area contributed by atoms with Crippen molar-refractivity contribution in [2.45, 2.75) is 91.7 Å². The van der Waals surface area contributed by atoms with Gasteiger partial charge in [-0.3, -0.25) is 9.98 Å². The van der Waals surface area contributed by atoms with Gasteiger partial charge in [-0.15, -0.1) is 0 Å². The van der Waals surface area contributed by atoms with Crippen molar-refractivity contribution in [3.63, 3.8) is 0 Å². The fraction of sp³-hybridized carbons (Fsp3) is 0.517. The Hall–Kier alpha value is -2.19. The predicted molar refractivity (Wildman–Crippen MR) is 160 cm³/mol. The molecule has 35 heavy (non-hydrogen) atoms. The van der Waals surface area contributed by atoms with E-state index in [0.717, 1.165) is 22.3 Å². The zero-order valence-electron chi connectivity index (χ0n) is 24.0. The molecular weight excluding hydrogens is 465 g/mol. The van der Waals surface area contributed by atoms with Crippen LogP contribution in [0.15, 0.2) is 34.3 Å². The number of aromatic hydroxyl groups is 2. The summed E-state index contributed by atoms with van der Waals surface area (Å²) in [4.78, 5) is 8.99. The van der Waals surface area contributed by atoms with E-state index >= 15 is 0 Å². The van der Waals surface area contributed by atoms with Crippen molar-refractivity contribution in [2.75, 3.05) is 6.67 Å². The van der Waals surface area contributed by atoms with Gasteiger partial charge in [0.05, 0.1) is 16.1 Å². The summed E-state index contributed by atoms with van der Waals surface area (Å²) in [5.41, 5.74) is 3.05. The quantitative estimate of drug-likeness (QED) is 0.355. The summed E-state index contributed by atoms with van der Waals surface area (Å²) in [6, 6.07) is 8.47. The SMILES string of the molecule is CC(C)(C)c1cc([Si](C)(C)C)cc(C=NCN=Cc2cc([Si](C)(C)C)cc(C(C)(C)C)c2O)c1O. The highest BCUT2D eigenvalue weighted by molar-refractivity contribution is 6.89. The maximum atomic E-state index is 11.0. The van der Waals surface area contributed by atoms with Crippen LogP contribution in [0.4, 0.5) is 0 Å². The van der Waals surface area contributed by atoms with Gasteiger partial charge < -0.3 is 10.2 Å². The normalized spacial score (nSPS) is 13.8. The van der Waals surface area contributed by atoms with Gasteiger partial charge in [0.2, 0.25) is 0 Å². The molecule has 2 aromatic rings. The van der Waals surface area contributed by atoms with Crippen LogP contribution in [-0.4, -0.2) is 45.5 Å². The Morgan fingerprint density at radius 2 is 0.943 bits per heavy atom. The maximum Gasteiger partial charge on any atom is 0.129 e. The lowest BCUT2D eigenvalue weighted by atomic mass is 9.85. The first-order valence-corrected chi connectivity index (χ1v) is 19.5. The fourth-order valence-corrected chi connectivity index (χ4v) is 6.18. The van der Waals surface area contributed by atoms with Crippen LogP contribution in [0.3, 0.4) is 0 Å². The van der Waals surface area contributed by atoms with Gasteiger partial charge in [0.1, 0.15) is 18.2 Å². The molecule has 2 N–H and O–H groups in total. The molecule has 0 aliphatic rings. The highest BCUT2D eigenvalue weighted by atomic mass is 28.3. The van der Waals surface area contributed by atoms with E-state index < -0.39 is 16.1 Å². The molecule has 2 rings (SSSR count). The number of aliphatic imine (C=N–C) groups is 2. The number of benzene rings is 2. The van der Waals surface area contributed by atoms with Crippen molar-refractivity contribution >= 4 is 39.0 Å². The Morgan fingerprint density at radius 3 is 1.20 bits per heavy atom. The summed E-state index contributed by atoms with van der Waals surface area (Å²) in [5, 5.41) is 24.5. The Balaban J connectivity index is 2.39. The number of hydrogen-bond acceptors (Lipinski definition) is 4. The highest BCUT2D eigenvalue weighted by Crippen LogP contribution is 2.33. The molecule has 0 aliphatic heterocycles. The molecule has 0 saturated carbocycles. The van der Waals surface area contributed by atoms with Crippen molar-refractivity contribution in [2.24, 2.45) is 9.98 Å². The van der Waals surface area contributed by atoms with Crippen molar-refractivity contribution < 1.29 is 10.2 Å². The molecule has 0 atom stereocenters. The van der Waals surface area contributed by atoms with Crippen LogP contribution in [0.5, 0.6) is 11.5 Å². The Kier molecular flexibility index (Phi) is 8.34. The molecule has 4 nitrogen and oxygen atoms in total. The van der Waals surface area contributed by atoms with E-state index in [9.17, 15) is 10.2 Å². The van der Waals surface area contributed by atoms with Gasteiger partial charge in [0.25, 0.3) is 0 Å². The molecule has 0 aliphatic carbocycles. The van der Waals surface area contributed by atoms with Crippen LogP contribution in [0.2, 0.25) is 39.3 Å². The predicted octanol–water partition coefficient (Wildman–Crippen LogP) is 6.28. The Morgan fingerprint density at radius 1 is 0.629 bits per heavy atom. The first-order chi connectivity index (χ1) is 15.7. The van der Waals surface area contributed by atoms with E-state index in [4.69, 9.17) is 0 Å². The van der Waals surface area contributed by atoms with E-state index in [2.05, 4.69) is 115 Å². The summed E-state index contributed by atoms with van der Waals surface area (Å²) in [6.45, 7) is 26.8. The minimum absolute atomic E-state index is 0.163. The van der Waals surface area contributed by atoms with Crippen LogP contribution in [0.1, 0.15) is 63.8 Å². The van der Waals surface area contributed by atoms with Gasteiger partial charge in [-0.2, -0.15) is 0 Å². The van der Waals surface area contributed by atoms with Crippen LogP contribution in [0, 0.1) is 0 Å². The van der Waals surface area contributed by atoms with E-state index in [1.165, 1.54) is 10.4 Å². The third kappa shape index (κ3) is 7.40. The lowest BCUT2D eigenvalue weighted by molar-refractivity contribution is 0.445. The molecule has 0 bridgehead atoms. The molecule has 0 saturated heterocycles. The monoisotopic (exact) mass is 510 g/mol. The first-order valence-electron chi connectivity index (χ1n) is 12.5. The van der Waals surface area contributed by atoms with Crippen molar-refractivity contribution in [1.29, 1.82) is 0 Å². The Bertz CT molecular complexity index is 1030. The summed E-state index contributed by atoms with van der Waals surface area (Å²) >= 11 is 0. The third-order valence-electron chi connectivity index (χ3n) is 6.25. The van der Waals surface area contributed by atoms with Gasteiger partial charge in [-0.25, -0.2) is 0 Å². The number of rotatable bonds is 6. The first kappa shape index (κ1) is 29.0. The molecule has 0 amide bonds. The minimum Gasteiger partial charge on any atom is -0.507 e. The lowest BCUT2D eigenvalue weighted by Gasteiger charge is -2.26. The van der Waals surface area contributed by atoms with Gasteiger partial charge in [-0.05, 0) is 22.0 Å². The largest absolute Gasteiger partial charge is 0.507 e. The van der Waals surface area contributed by atoms with Crippen LogP contribution < -0.4 is 10.4 Å². The molecule has 0 unspecified atom stereocenters. The third-order valence-corrected chi connectivity index (χ3v) is 10.3. The smallest absolute Gasteiger partial charge is 0.129 e. The van der Waals surface area contributed by atoms with Crippen LogP contribution >= 0.6 is 0 Å². The second-order valence-corrected chi connectivity index (χ2v) is 23.8. The van der Waals surface area contributed by atoms with Gasteiger partial charge in [-0.1, -0.05) is 115 Å². The average molecular weight is 511 g/mol. The van der Waals surface area contributed by atoms with Gasteiger partial charge in [0, 0.05) is 23.6 Å². The average Bonchev–Trinajstić information content (AvgIpc) is 2.66. The van der Waals surface area contributed by atoms with E-state index in [1.54, 1.807) is 12.4 Å². The highest BCUT2D eigenvalue weighted by Gasteiger charge is 2.26. The second-order valence-electron chi connectivity index (χ2n) is 13.7. The van der Waals surface area contributed by atoms with Crippen LogP contribution in [0.25, 0.3) is 0 Å². The summed E-state index contributed by atoms with van der Waals surface area (Å²) < 4.78 is 0. The molecule has 2 aromatic carbocycles. The molecule has 0 radical (unpaired) electrons. The second kappa shape index (κ2) is 10.1. The zero-order valence-corrected chi connectivity index (χ0v) is 26.0. The molecule has 0 aromatic heterocycles. The Labute approximate surface area is 215 Å². The molecule has 192 valence electrons. The zero-order chi connectivity index (χ0) is 27.0. The molecule has 6 heteroatoms. The fourth-order valence-electron chi connectivity index (χ4n) is 3.85. The molecular formula is C29H46N2O2Si2. The number of nitrogens with zero attached hydrogens (tertiary/aromatic N) is 2. The van der Waals surface area contributed by atoms with Crippen molar-refractivity contribution in [1.82, 2.24) is 0 Å². The van der Waals surface area contributed by atoms with E-state index in [-0.39, 0.29) is 17.5 Å². The maximum absolute atomic E-state index is 11.0. The molecule has 0 spiro atoms. The van der Waals surface area contributed by atoms with Gasteiger partial charge in [0.15, 0.2) is 0 Å². The summed E-state index contributed by atoms with van der Waals surface area (Å²) in [5.74, 6) is 0.588. The summed E-state index contributed by atoms with van der Waals surface area (Å²) in [6.07, 6.45) is 3.45. The number of phenolic OH excluding ortho intramolecular Hbond substituents is 2. The van der Waals surface area contributed by atoms with Crippen molar-refractivity contribution in [3.8, 4) is 11.5 Å². The number of phenols is 2. The summed E-state index contributed by atoms with van der Waals surface area (Å²) in [7, 11) is -3.14. The van der Waals surface area contributed by atoms with E-state index in [0.29, 0.717) is 11.5 Å². The van der Waals surface area contributed by atoms with Crippen molar-refractivity contribution in [3.05, 3.63) is 46.5 Å².